The molecule has 0 aliphatic heterocycles. The number of aliphatic hydroxyl groups is 1. The van der Waals surface area contributed by atoms with Crippen LogP contribution in [0.15, 0.2) is 60.7 Å². The second-order valence-corrected chi connectivity index (χ2v) is 6.52. The van der Waals surface area contributed by atoms with Gasteiger partial charge in [-0.3, -0.25) is 0 Å². The van der Waals surface area contributed by atoms with E-state index < -0.39 is 27.7 Å². The van der Waals surface area contributed by atoms with Crippen LogP contribution < -0.4 is 4.72 Å². The van der Waals surface area contributed by atoms with E-state index in [4.69, 9.17) is 0 Å². The molecule has 8 heteroatoms. The molecule has 0 bridgehead atoms. The number of hydrogen-bond donors (Lipinski definition) is 2. The Kier molecular flexibility index (Phi) is 5.08. The van der Waals surface area contributed by atoms with Crippen molar-refractivity contribution in [3.8, 4) is 0 Å². The Bertz CT molecular complexity index is 734. The summed E-state index contributed by atoms with van der Waals surface area (Å²) < 4.78 is 62.3. The maximum atomic E-state index is 12.6. The zero-order valence-corrected chi connectivity index (χ0v) is 12.6. The summed E-state index contributed by atoms with van der Waals surface area (Å²) in [6.07, 6.45) is -1.48. The standard InChI is InChI=1S/C15H14F3NO3S/c16-15(17,18)23(21,22)19-13(11-7-3-1-4-8-11)14(20)12-9-5-2-6-10-12/h1-10,13-14,19-20H/t13-,14+/m1/s1. The van der Waals surface area contributed by atoms with E-state index in [1.807, 2.05) is 0 Å². The number of hydrogen-bond acceptors (Lipinski definition) is 3. The molecule has 124 valence electrons. The van der Waals surface area contributed by atoms with E-state index in [2.05, 4.69) is 0 Å². The van der Waals surface area contributed by atoms with Crippen molar-refractivity contribution in [3.63, 3.8) is 0 Å². The molecule has 0 saturated carbocycles. The summed E-state index contributed by atoms with van der Waals surface area (Å²) in [6.45, 7) is 0. The van der Waals surface area contributed by atoms with E-state index in [-0.39, 0.29) is 5.56 Å². The third-order valence-corrected chi connectivity index (χ3v) is 4.38. The number of rotatable bonds is 5. The van der Waals surface area contributed by atoms with Crippen LogP contribution in [-0.4, -0.2) is 19.0 Å². The zero-order valence-electron chi connectivity index (χ0n) is 11.7. The molecule has 0 aliphatic carbocycles. The average Bonchev–Trinajstić information content (AvgIpc) is 2.52. The summed E-state index contributed by atoms with van der Waals surface area (Å²) in [5.41, 5.74) is -4.95. The van der Waals surface area contributed by atoms with Gasteiger partial charge in [0.25, 0.3) is 0 Å². The van der Waals surface area contributed by atoms with Gasteiger partial charge in [-0.2, -0.15) is 17.9 Å². The maximum absolute atomic E-state index is 12.6. The minimum atomic E-state index is -5.61. The van der Waals surface area contributed by atoms with Crippen LogP contribution in [0, 0.1) is 0 Å². The fourth-order valence-electron chi connectivity index (χ4n) is 2.05. The fraction of sp³-hybridized carbons (Fsp3) is 0.200. The lowest BCUT2D eigenvalue weighted by atomic mass is 9.97. The second-order valence-electron chi connectivity index (χ2n) is 4.81. The maximum Gasteiger partial charge on any atom is 0.511 e. The Morgan fingerprint density at radius 3 is 1.74 bits per heavy atom. The highest BCUT2D eigenvalue weighted by molar-refractivity contribution is 7.90. The van der Waals surface area contributed by atoms with Crippen molar-refractivity contribution in [3.05, 3.63) is 71.8 Å². The van der Waals surface area contributed by atoms with Crippen LogP contribution in [0.3, 0.4) is 0 Å². The normalized spacial score (nSPS) is 15.1. The van der Waals surface area contributed by atoms with E-state index in [9.17, 15) is 26.7 Å². The number of nitrogens with one attached hydrogen (secondary N) is 1. The Balaban J connectivity index is 2.42. The molecule has 0 saturated heterocycles. The fourth-order valence-corrected chi connectivity index (χ4v) is 2.78. The molecule has 0 heterocycles. The Morgan fingerprint density at radius 2 is 1.30 bits per heavy atom. The quantitative estimate of drug-likeness (QED) is 0.876. The van der Waals surface area contributed by atoms with Crippen molar-refractivity contribution in [2.75, 3.05) is 0 Å². The molecular formula is C15H14F3NO3S. The third-order valence-electron chi connectivity index (χ3n) is 3.20. The first-order valence-electron chi connectivity index (χ1n) is 6.59. The first-order chi connectivity index (χ1) is 10.7. The molecule has 23 heavy (non-hydrogen) atoms. The highest BCUT2D eigenvalue weighted by Crippen LogP contribution is 2.32. The van der Waals surface area contributed by atoms with Gasteiger partial charge >= 0.3 is 15.5 Å². The van der Waals surface area contributed by atoms with Crippen LogP contribution in [0.25, 0.3) is 0 Å². The SMILES string of the molecule is O=S(=O)(N[C@H](c1ccccc1)[C@@H](O)c1ccccc1)C(F)(F)F. The van der Waals surface area contributed by atoms with Crippen LogP contribution in [0.1, 0.15) is 23.3 Å². The molecule has 2 aromatic carbocycles. The minimum absolute atomic E-state index is 0.219. The van der Waals surface area contributed by atoms with Crippen LogP contribution in [0.2, 0.25) is 0 Å². The Labute approximate surface area is 131 Å². The predicted molar refractivity (Wildman–Crippen MR) is 78.7 cm³/mol. The number of benzene rings is 2. The number of aliphatic hydroxyl groups excluding tert-OH is 1. The minimum Gasteiger partial charge on any atom is -0.386 e. The lowest BCUT2D eigenvalue weighted by molar-refractivity contribution is -0.0456. The largest absolute Gasteiger partial charge is 0.511 e. The first kappa shape index (κ1) is 17.5. The molecule has 0 aliphatic rings. The van der Waals surface area contributed by atoms with Gasteiger partial charge in [-0.05, 0) is 11.1 Å². The van der Waals surface area contributed by atoms with Crippen LogP contribution >= 0.6 is 0 Å². The smallest absolute Gasteiger partial charge is 0.386 e. The van der Waals surface area contributed by atoms with E-state index in [0.717, 1.165) is 0 Å². The van der Waals surface area contributed by atoms with Crippen molar-refractivity contribution in [1.82, 2.24) is 4.72 Å². The molecule has 2 N–H and O–H groups in total. The predicted octanol–water partition coefficient (Wildman–Crippen LogP) is 2.90. The highest BCUT2D eigenvalue weighted by Gasteiger charge is 2.47. The van der Waals surface area contributed by atoms with Crippen molar-refractivity contribution in [2.24, 2.45) is 0 Å². The van der Waals surface area contributed by atoms with Gasteiger partial charge < -0.3 is 5.11 Å². The highest BCUT2D eigenvalue weighted by atomic mass is 32.2. The summed E-state index contributed by atoms with van der Waals surface area (Å²) >= 11 is 0. The van der Waals surface area contributed by atoms with Gasteiger partial charge in [-0.1, -0.05) is 60.7 Å². The van der Waals surface area contributed by atoms with Crippen molar-refractivity contribution >= 4 is 10.0 Å². The van der Waals surface area contributed by atoms with Gasteiger partial charge in [0.15, 0.2) is 0 Å². The van der Waals surface area contributed by atoms with E-state index in [1.54, 1.807) is 41.1 Å². The van der Waals surface area contributed by atoms with Gasteiger partial charge in [-0.25, -0.2) is 8.42 Å². The summed E-state index contributed by atoms with van der Waals surface area (Å²) in [4.78, 5) is 0. The van der Waals surface area contributed by atoms with Gasteiger partial charge in [0, 0.05) is 0 Å². The molecule has 0 amide bonds. The molecular weight excluding hydrogens is 331 g/mol. The van der Waals surface area contributed by atoms with E-state index in [1.165, 1.54) is 24.3 Å². The van der Waals surface area contributed by atoms with Crippen molar-refractivity contribution in [2.45, 2.75) is 17.7 Å². The summed E-state index contributed by atoms with van der Waals surface area (Å²) in [5.74, 6) is 0. The van der Waals surface area contributed by atoms with Gasteiger partial charge in [0.05, 0.1) is 12.1 Å². The number of alkyl halides is 3. The third kappa shape index (κ3) is 4.10. The molecule has 4 nitrogen and oxygen atoms in total. The molecule has 2 rings (SSSR count). The van der Waals surface area contributed by atoms with Crippen molar-refractivity contribution < 1.29 is 26.7 Å². The van der Waals surface area contributed by atoms with E-state index >= 15 is 0 Å². The Hall–Kier alpha value is -1.90. The average molecular weight is 345 g/mol. The van der Waals surface area contributed by atoms with Gasteiger partial charge in [-0.15, -0.1) is 0 Å². The van der Waals surface area contributed by atoms with E-state index in [0.29, 0.717) is 5.56 Å². The van der Waals surface area contributed by atoms with Gasteiger partial charge in [0.1, 0.15) is 0 Å². The molecule has 0 unspecified atom stereocenters. The van der Waals surface area contributed by atoms with Crippen LogP contribution in [-0.2, 0) is 10.0 Å². The molecule has 0 radical (unpaired) electrons. The molecule has 2 atom stereocenters. The number of halogens is 3. The molecule has 2 aromatic rings. The van der Waals surface area contributed by atoms with Gasteiger partial charge in [0.2, 0.25) is 0 Å². The molecule has 0 aromatic heterocycles. The lowest BCUT2D eigenvalue weighted by Crippen LogP contribution is -2.40. The topological polar surface area (TPSA) is 66.4 Å². The number of sulfonamides is 1. The van der Waals surface area contributed by atoms with Crippen LogP contribution in [0.4, 0.5) is 13.2 Å². The zero-order chi connectivity index (χ0) is 17.1. The van der Waals surface area contributed by atoms with Crippen LogP contribution in [0.5, 0.6) is 0 Å². The first-order valence-corrected chi connectivity index (χ1v) is 8.07. The molecule has 0 spiro atoms. The summed E-state index contributed by atoms with van der Waals surface area (Å²) in [7, 11) is -5.61. The summed E-state index contributed by atoms with van der Waals surface area (Å²) in [6, 6.07) is 14.0. The Morgan fingerprint density at radius 1 is 0.870 bits per heavy atom. The molecule has 0 fully saturated rings. The second kappa shape index (κ2) is 6.69. The van der Waals surface area contributed by atoms with Crippen molar-refractivity contribution in [1.29, 1.82) is 0 Å². The summed E-state index contributed by atoms with van der Waals surface area (Å²) in [5, 5.41) is 10.4. The monoisotopic (exact) mass is 345 g/mol. The lowest BCUT2D eigenvalue weighted by Gasteiger charge is -2.25.